The summed E-state index contributed by atoms with van der Waals surface area (Å²) < 4.78 is 25.8. The van der Waals surface area contributed by atoms with Crippen LogP contribution in [0.1, 0.15) is 56.2 Å². The molecule has 1 heterocycles. The van der Waals surface area contributed by atoms with E-state index in [0.717, 1.165) is 33.1 Å². The molecule has 11 nitrogen and oxygen atoms in total. The molecule has 5 N–H and O–H groups in total. The van der Waals surface area contributed by atoms with Gasteiger partial charge in [-0.3, -0.25) is 19.0 Å². The molecule has 0 saturated heterocycles. The number of aryl methyl sites for hydroxylation is 1. The number of sulfonamides is 1. The fraction of sp³-hybridized carbons (Fsp3) is 0.303. The number of aliphatic hydroxyl groups excluding tert-OH is 1. The van der Waals surface area contributed by atoms with Gasteiger partial charge in [-0.15, -0.1) is 0 Å². The van der Waals surface area contributed by atoms with Crippen molar-refractivity contribution in [2.24, 2.45) is 0 Å². The van der Waals surface area contributed by atoms with Crippen molar-refractivity contribution in [3.05, 3.63) is 119 Å². The van der Waals surface area contributed by atoms with Crippen molar-refractivity contribution in [2.75, 3.05) is 24.2 Å². The highest BCUT2D eigenvalue weighted by Crippen LogP contribution is 2.22. The smallest absolute Gasteiger partial charge is 0.251 e. The molecule has 0 unspecified atom stereocenters. The molecule has 4 rings (SSSR count). The third-order valence-corrected chi connectivity index (χ3v) is 8.65. The molecular formula is C33H40N6O5S. The number of rotatable bonds is 14. The number of aromatic amines is 1. The Morgan fingerprint density at radius 3 is 2.11 bits per heavy atom. The average molecular weight is 633 g/mol. The van der Waals surface area contributed by atoms with E-state index in [4.69, 9.17) is 0 Å². The normalized spacial score (nSPS) is 13.4. The van der Waals surface area contributed by atoms with E-state index in [9.17, 15) is 23.1 Å². The van der Waals surface area contributed by atoms with Crippen LogP contribution in [0.2, 0.25) is 0 Å². The highest BCUT2D eigenvalue weighted by atomic mass is 32.2. The first kappa shape index (κ1) is 33.4. The number of H-pyrrole nitrogens is 1. The van der Waals surface area contributed by atoms with Crippen LogP contribution in [-0.4, -0.2) is 67.5 Å². The molecule has 3 atom stereocenters. The predicted molar refractivity (Wildman–Crippen MR) is 174 cm³/mol. The number of carbonyl (C=O) groups is 2. The molecule has 0 aliphatic heterocycles. The quantitative estimate of drug-likeness (QED) is 0.143. The van der Waals surface area contributed by atoms with Gasteiger partial charge in [-0.25, -0.2) is 8.42 Å². The molecule has 12 heteroatoms. The summed E-state index contributed by atoms with van der Waals surface area (Å²) in [6.45, 7) is 4.33. The molecule has 238 valence electrons. The van der Waals surface area contributed by atoms with Gasteiger partial charge in [0.15, 0.2) is 0 Å². The summed E-state index contributed by atoms with van der Waals surface area (Å²) in [7, 11) is -2.35. The fourth-order valence-electron chi connectivity index (χ4n) is 4.81. The van der Waals surface area contributed by atoms with Crippen LogP contribution in [0.4, 0.5) is 5.69 Å². The van der Waals surface area contributed by atoms with Gasteiger partial charge in [0, 0.05) is 37.0 Å². The number of aliphatic hydroxyl groups is 1. The summed E-state index contributed by atoms with van der Waals surface area (Å²) >= 11 is 0. The number of hydrogen-bond donors (Lipinski definition) is 5. The van der Waals surface area contributed by atoms with Crippen LogP contribution in [-0.2, 0) is 23.0 Å². The van der Waals surface area contributed by atoms with Crippen molar-refractivity contribution in [3.8, 4) is 0 Å². The Labute approximate surface area is 264 Å². The summed E-state index contributed by atoms with van der Waals surface area (Å²) in [4.78, 5) is 27.1. The molecule has 45 heavy (non-hydrogen) atoms. The maximum Gasteiger partial charge on any atom is 0.251 e. The zero-order valence-electron chi connectivity index (χ0n) is 25.8. The Morgan fingerprint density at radius 2 is 1.53 bits per heavy atom. The zero-order chi connectivity index (χ0) is 32.6. The largest absolute Gasteiger partial charge is 0.390 e. The van der Waals surface area contributed by atoms with Gasteiger partial charge in [0.1, 0.15) is 0 Å². The minimum absolute atomic E-state index is 0.0748. The number of carbonyl (C=O) groups excluding carboxylic acids is 2. The van der Waals surface area contributed by atoms with E-state index in [1.165, 1.54) is 25.2 Å². The fourth-order valence-corrected chi connectivity index (χ4v) is 5.30. The second-order valence-corrected chi connectivity index (χ2v) is 13.1. The van der Waals surface area contributed by atoms with Crippen LogP contribution < -0.4 is 20.3 Å². The van der Waals surface area contributed by atoms with Crippen molar-refractivity contribution < 1.29 is 23.1 Å². The summed E-state index contributed by atoms with van der Waals surface area (Å²) in [6, 6.07) is 24.0. The monoisotopic (exact) mass is 632 g/mol. The van der Waals surface area contributed by atoms with Crippen LogP contribution in [0.25, 0.3) is 0 Å². The van der Waals surface area contributed by atoms with Gasteiger partial charge in [0.05, 0.1) is 35.8 Å². The van der Waals surface area contributed by atoms with Gasteiger partial charge in [0.2, 0.25) is 10.0 Å². The van der Waals surface area contributed by atoms with Gasteiger partial charge < -0.3 is 21.1 Å². The van der Waals surface area contributed by atoms with Gasteiger partial charge in [-0.05, 0) is 55.7 Å². The number of benzene rings is 3. The number of anilines is 1. The first-order valence-corrected chi connectivity index (χ1v) is 16.4. The SMILES string of the molecule is Cc1cc(CNC[C@@H](O)[C@H](Cc2ccccc2)NC(=O)c2cc(C(=O)N[C@H](C)c3ccccc3)cc(N(C)S(C)(=O)=O)c2)n[nH]1. The highest BCUT2D eigenvalue weighted by Gasteiger charge is 2.25. The third-order valence-electron chi connectivity index (χ3n) is 7.45. The van der Waals surface area contributed by atoms with Crippen LogP contribution in [0, 0.1) is 6.92 Å². The molecule has 0 aliphatic carbocycles. The minimum atomic E-state index is -3.70. The maximum atomic E-state index is 13.7. The summed E-state index contributed by atoms with van der Waals surface area (Å²) in [6.07, 6.45) is 0.396. The number of nitrogens with zero attached hydrogens (tertiary/aromatic N) is 2. The van der Waals surface area contributed by atoms with Gasteiger partial charge >= 0.3 is 0 Å². The number of hydrogen-bond acceptors (Lipinski definition) is 7. The van der Waals surface area contributed by atoms with Gasteiger partial charge in [-0.1, -0.05) is 60.7 Å². The predicted octanol–water partition coefficient (Wildman–Crippen LogP) is 3.10. The molecule has 3 aromatic carbocycles. The second kappa shape index (κ2) is 15.0. The topological polar surface area (TPSA) is 157 Å². The van der Waals surface area contributed by atoms with Crippen LogP contribution in [0.5, 0.6) is 0 Å². The molecule has 0 saturated carbocycles. The zero-order valence-corrected chi connectivity index (χ0v) is 26.6. The molecule has 0 fully saturated rings. The van der Waals surface area contributed by atoms with Crippen LogP contribution in [0.15, 0.2) is 84.9 Å². The number of nitrogens with one attached hydrogen (secondary N) is 4. The van der Waals surface area contributed by atoms with Gasteiger partial charge in [0.25, 0.3) is 11.8 Å². The molecule has 0 radical (unpaired) electrons. The molecule has 1 aromatic heterocycles. The van der Waals surface area contributed by atoms with Crippen molar-refractivity contribution in [1.29, 1.82) is 0 Å². The second-order valence-electron chi connectivity index (χ2n) is 11.1. The highest BCUT2D eigenvalue weighted by molar-refractivity contribution is 7.92. The molecule has 2 amide bonds. The van der Waals surface area contributed by atoms with E-state index >= 15 is 0 Å². The Hall–Kier alpha value is -4.52. The Morgan fingerprint density at radius 1 is 0.933 bits per heavy atom. The molecule has 0 spiro atoms. The number of aromatic nitrogens is 2. The Balaban J connectivity index is 1.58. The Kier molecular flexibility index (Phi) is 11.1. The average Bonchev–Trinajstić information content (AvgIpc) is 3.44. The van der Waals surface area contributed by atoms with E-state index in [2.05, 4.69) is 26.1 Å². The lowest BCUT2D eigenvalue weighted by Crippen LogP contribution is -2.48. The van der Waals surface area contributed by atoms with Crippen LogP contribution in [0.3, 0.4) is 0 Å². The van der Waals surface area contributed by atoms with Crippen LogP contribution >= 0.6 is 0 Å². The van der Waals surface area contributed by atoms with E-state index in [-0.39, 0.29) is 29.4 Å². The van der Waals surface area contributed by atoms with Crippen molar-refractivity contribution >= 4 is 27.5 Å². The molecule has 0 aliphatic rings. The standard InChI is InChI=1S/C33H40N6O5S/c1-22-15-28(38-37-22)20-34-21-31(40)30(16-24-11-7-5-8-12-24)36-33(42)27-17-26(18-29(19-27)39(3)45(4,43)44)32(41)35-23(2)25-13-9-6-10-14-25/h5-15,17-19,23,30-31,34,40H,16,20-21H2,1-4H3,(H,35,41)(H,36,42)(H,37,38)/t23-,30+,31-/m1/s1. The van der Waals surface area contributed by atoms with E-state index < -0.39 is 34.0 Å². The lowest BCUT2D eigenvalue weighted by Gasteiger charge is -2.25. The molecule has 4 aromatic rings. The third kappa shape index (κ3) is 9.48. The number of amides is 2. The lowest BCUT2D eigenvalue weighted by molar-refractivity contribution is 0.0829. The summed E-state index contributed by atoms with van der Waals surface area (Å²) in [5, 5.41) is 27.3. The molecule has 0 bridgehead atoms. The first-order chi connectivity index (χ1) is 21.4. The van der Waals surface area contributed by atoms with E-state index in [1.807, 2.05) is 80.6 Å². The molecular weight excluding hydrogens is 592 g/mol. The summed E-state index contributed by atoms with van der Waals surface area (Å²) in [5.41, 5.74) is 3.86. The summed E-state index contributed by atoms with van der Waals surface area (Å²) in [5.74, 6) is -1.03. The van der Waals surface area contributed by atoms with Gasteiger partial charge in [-0.2, -0.15) is 5.10 Å². The van der Waals surface area contributed by atoms with E-state index in [1.54, 1.807) is 0 Å². The van der Waals surface area contributed by atoms with Crippen molar-refractivity contribution in [1.82, 2.24) is 26.1 Å². The first-order valence-electron chi connectivity index (χ1n) is 14.6. The van der Waals surface area contributed by atoms with Crippen molar-refractivity contribution in [2.45, 2.75) is 45.0 Å². The minimum Gasteiger partial charge on any atom is -0.390 e. The maximum absolute atomic E-state index is 13.7. The Bertz CT molecular complexity index is 1700. The van der Waals surface area contributed by atoms with E-state index in [0.29, 0.717) is 13.0 Å². The van der Waals surface area contributed by atoms with Crippen molar-refractivity contribution in [3.63, 3.8) is 0 Å². The lowest BCUT2D eigenvalue weighted by atomic mass is 10.00.